The van der Waals surface area contributed by atoms with Crippen molar-refractivity contribution >= 4 is 21.8 Å². The first-order valence-electron chi connectivity index (χ1n) is 7.07. The number of hydrogen-bond acceptors (Lipinski definition) is 4. The summed E-state index contributed by atoms with van der Waals surface area (Å²) in [7, 11) is 0. The topological polar surface area (TPSA) is 64.8 Å². The number of morpholine rings is 1. The lowest BCUT2D eigenvalue weighted by Crippen LogP contribution is -2.46. The molecule has 1 amide bonds. The Morgan fingerprint density at radius 3 is 2.67 bits per heavy atom. The maximum atomic E-state index is 12.4. The second kappa shape index (κ2) is 7.24. The average molecular weight is 357 g/mol. The van der Waals surface area contributed by atoms with E-state index >= 15 is 0 Å². The van der Waals surface area contributed by atoms with Crippen LogP contribution in [0.5, 0.6) is 5.75 Å². The molecule has 116 valence electrons. The Hall–Kier alpha value is -1.11. The molecule has 1 aliphatic rings. The number of benzene rings is 1. The molecule has 1 heterocycles. The van der Waals surface area contributed by atoms with Gasteiger partial charge in [-0.25, -0.2) is 0 Å². The maximum absolute atomic E-state index is 12.4. The number of ether oxygens (including phenoxy) is 2. The Morgan fingerprint density at radius 2 is 2.05 bits per heavy atom. The van der Waals surface area contributed by atoms with Crippen LogP contribution in [0.3, 0.4) is 0 Å². The van der Waals surface area contributed by atoms with Crippen LogP contribution in [0, 0.1) is 0 Å². The Bertz CT molecular complexity index is 502. The van der Waals surface area contributed by atoms with E-state index in [9.17, 15) is 4.79 Å². The lowest BCUT2D eigenvalue weighted by atomic mass is 10.1. The summed E-state index contributed by atoms with van der Waals surface area (Å²) in [6, 6.07) is 5.48. The highest BCUT2D eigenvalue weighted by atomic mass is 79.9. The molecule has 2 unspecified atom stereocenters. The molecule has 2 N–H and O–H groups in total. The fourth-order valence-electron chi connectivity index (χ4n) is 2.26. The normalized spacial score (nSPS) is 18.2. The summed E-state index contributed by atoms with van der Waals surface area (Å²) < 4.78 is 12.0. The molecule has 1 aliphatic heterocycles. The summed E-state index contributed by atoms with van der Waals surface area (Å²) in [5, 5.41) is 0. The van der Waals surface area contributed by atoms with Gasteiger partial charge in [-0.2, -0.15) is 0 Å². The highest BCUT2D eigenvalue weighted by Crippen LogP contribution is 2.28. The van der Waals surface area contributed by atoms with E-state index in [1.807, 2.05) is 25.1 Å². The number of nitrogens with zero attached hydrogens (tertiary/aromatic N) is 1. The number of carbonyl (C=O) groups is 1. The van der Waals surface area contributed by atoms with Crippen LogP contribution in [0.4, 0.5) is 0 Å². The molecule has 0 aromatic heterocycles. The van der Waals surface area contributed by atoms with E-state index < -0.39 is 6.10 Å². The number of nitrogens with two attached hydrogens (primary N) is 1. The highest BCUT2D eigenvalue weighted by molar-refractivity contribution is 9.10. The van der Waals surface area contributed by atoms with Crippen LogP contribution >= 0.6 is 15.9 Å². The minimum atomic E-state index is -0.540. The Kier molecular flexibility index (Phi) is 5.61. The Labute approximate surface area is 133 Å². The molecule has 0 bridgehead atoms. The van der Waals surface area contributed by atoms with Crippen molar-refractivity contribution in [3.63, 3.8) is 0 Å². The summed E-state index contributed by atoms with van der Waals surface area (Å²) in [5.41, 5.74) is 6.85. The quantitative estimate of drug-likeness (QED) is 0.896. The standard InChI is InChI=1S/C15H21BrN2O3/c1-10(17)13-9-12(16)3-4-14(13)21-11(2)15(19)18-5-7-20-8-6-18/h3-4,9-11H,5-8,17H2,1-2H3. The van der Waals surface area contributed by atoms with Crippen molar-refractivity contribution in [3.8, 4) is 5.75 Å². The fraction of sp³-hybridized carbons (Fsp3) is 0.533. The molecule has 0 radical (unpaired) electrons. The van der Waals surface area contributed by atoms with Crippen LogP contribution < -0.4 is 10.5 Å². The van der Waals surface area contributed by atoms with Crippen LogP contribution in [0.2, 0.25) is 0 Å². The van der Waals surface area contributed by atoms with Gasteiger partial charge in [-0.15, -0.1) is 0 Å². The number of amides is 1. The molecule has 1 aromatic rings. The van der Waals surface area contributed by atoms with Gasteiger partial charge in [-0.3, -0.25) is 4.79 Å². The minimum Gasteiger partial charge on any atom is -0.481 e. The molecule has 6 heteroatoms. The summed E-state index contributed by atoms with van der Waals surface area (Å²) in [4.78, 5) is 14.1. The molecule has 5 nitrogen and oxygen atoms in total. The maximum Gasteiger partial charge on any atom is 0.263 e. The van der Waals surface area contributed by atoms with Crippen LogP contribution in [0.1, 0.15) is 25.5 Å². The van der Waals surface area contributed by atoms with Crippen molar-refractivity contribution in [1.29, 1.82) is 0 Å². The van der Waals surface area contributed by atoms with Gasteiger partial charge in [0.2, 0.25) is 0 Å². The van der Waals surface area contributed by atoms with Crippen molar-refractivity contribution in [3.05, 3.63) is 28.2 Å². The smallest absolute Gasteiger partial charge is 0.263 e. The molecule has 0 spiro atoms. The third-order valence-corrected chi connectivity index (χ3v) is 3.93. The summed E-state index contributed by atoms with van der Waals surface area (Å²) in [5.74, 6) is 0.638. The van der Waals surface area contributed by atoms with Gasteiger partial charge in [0, 0.05) is 29.2 Å². The van der Waals surface area contributed by atoms with Crippen LogP contribution in [0.25, 0.3) is 0 Å². The zero-order valence-corrected chi connectivity index (χ0v) is 13.9. The molecule has 1 fully saturated rings. The first kappa shape index (κ1) is 16.3. The molecule has 0 saturated carbocycles. The first-order chi connectivity index (χ1) is 9.99. The van der Waals surface area contributed by atoms with Gasteiger partial charge in [0.05, 0.1) is 13.2 Å². The first-order valence-corrected chi connectivity index (χ1v) is 7.86. The van der Waals surface area contributed by atoms with E-state index in [2.05, 4.69) is 15.9 Å². The van der Waals surface area contributed by atoms with E-state index in [0.717, 1.165) is 10.0 Å². The molecule has 2 rings (SSSR count). The average Bonchev–Trinajstić information content (AvgIpc) is 2.49. The zero-order chi connectivity index (χ0) is 15.4. The van der Waals surface area contributed by atoms with Crippen molar-refractivity contribution in [2.75, 3.05) is 26.3 Å². The van der Waals surface area contributed by atoms with Gasteiger partial charge < -0.3 is 20.1 Å². The fourth-order valence-corrected chi connectivity index (χ4v) is 2.64. The van der Waals surface area contributed by atoms with Gasteiger partial charge in [0.1, 0.15) is 5.75 Å². The highest BCUT2D eigenvalue weighted by Gasteiger charge is 2.24. The lowest BCUT2D eigenvalue weighted by Gasteiger charge is -2.29. The van der Waals surface area contributed by atoms with E-state index in [0.29, 0.717) is 32.1 Å². The molecule has 1 saturated heterocycles. The number of rotatable bonds is 4. The molecule has 21 heavy (non-hydrogen) atoms. The predicted octanol–water partition coefficient (Wildman–Crippen LogP) is 2.09. The van der Waals surface area contributed by atoms with E-state index in [-0.39, 0.29) is 11.9 Å². The van der Waals surface area contributed by atoms with Crippen molar-refractivity contribution in [1.82, 2.24) is 4.90 Å². The molecule has 2 atom stereocenters. The van der Waals surface area contributed by atoms with Gasteiger partial charge in [-0.1, -0.05) is 15.9 Å². The predicted molar refractivity (Wildman–Crippen MR) is 84.2 cm³/mol. The van der Waals surface area contributed by atoms with E-state index in [1.165, 1.54) is 0 Å². The van der Waals surface area contributed by atoms with Crippen molar-refractivity contribution in [2.45, 2.75) is 26.0 Å². The third-order valence-electron chi connectivity index (χ3n) is 3.44. The molecule has 0 aliphatic carbocycles. The zero-order valence-electron chi connectivity index (χ0n) is 12.3. The lowest BCUT2D eigenvalue weighted by molar-refractivity contribution is -0.142. The molecule has 1 aromatic carbocycles. The summed E-state index contributed by atoms with van der Waals surface area (Å²) in [6.07, 6.45) is -0.540. The van der Waals surface area contributed by atoms with Gasteiger partial charge in [0.25, 0.3) is 5.91 Å². The Balaban J connectivity index is 2.08. The van der Waals surface area contributed by atoms with Crippen LogP contribution in [-0.4, -0.2) is 43.2 Å². The molecular formula is C15H21BrN2O3. The molecular weight excluding hydrogens is 336 g/mol. The SMILES string of the molecule is CC(Oc1ccc(Br)cc1C(C)N)C(=O)N1CCOCC1. The Morgan fingerprint density at radius 1 is 1.38 bits per heavy atom. The van der Waals surface area contributed by atoms with Crippen LogP contribution in [0.15, 0.2) is 22.7 Å². The largest absolute Gasteiger partial charge is 0.481 e. The summed E-state index contributed by atoms with van der Waals surface area (Å²) >= 11 is 3.42. The van der Waals surface area contributed by atoms with Crippen LogP contribution in [-0.2, 0) is 9.53 Å². The minimum absolute atomic E-state index is 0.0168. The second-order valence-corrected chi connectivity index (χ2v) is 6.08. The second-order valence-electron chi connectivity index (χ2n) is 5.17. The van der Waals surface area contributed by atoms with Gasteiger partial charge >= 0.3 is 0 Å². The number of halogens is 1. The van der Waals surface area contributed by atoms with Crippen molar-refractivity contribution < 1.29 is 14.3 Å². The van der Waals surface area contributed by atoms with Crippen molar-refractivity contribution in [2.24, 2.45) is 5.73 Å². The van der Waals surface area contributed by atoms with Gasteiger partial charge in [0.15, 0.2) is 6.10 Å². The van der Waals surface area contributed by atoms with E-state index in [1.54, 1.807) is 11.8 Å². The van der Waals surface area contributed by atoms with Gasteiger partial charge in [-0.05, 0) is 32.0 Å². The third kappa shape index (κ3) is 4.18. The summed E-state index contributed by atoms with van der Waals surface area (Å²) in [6.45, 7) is 6.07. The monoisotopic (exact) mass is 356 g/mol. The van der Waals surface area contributed by atoms with E-state index in [4.69, 9.17) is 15.2 Å². The number of hydrogen-bond donors (Lipinski definition) is 1. The number of carbonyl (C=O) groups excluding carboxylic acids is 1.